The molecule has 0 unspecified atom stereocenters. The summed E-state index contributed by atoms with van der Waals surface area (Å²) >= 11 is 0. The van der Waals surface area contributed by atoms with Gasteiger partial charge in [-0.15, -0.1) is 5.10 Å². The lowest BCUT2D eigenvalue weighted by Crippen LogP contribution is -2.43. The van der Waals surface area contributed by atoms with E-state index in [4.69, 9.17) is 15.2 Å². The number of benzene rings is 4. The fourth-order valence-electron chi connectivity index (χ4n) is 5.83. The monoisotopic (exact) mass is 852 g/mol. The number of ether oxygens (including phenoxy) is 2. The molecule has 18 heteroatoms. The number of rotatable bonds is 19. The first-order chi connectivity index (χ1) is 29.6. The Labute approximate surface area is 357 Å². The number of amides is 3. The van der Waals surface area contributed by atoms with E-state index >= 15 is 8.78 Å². The standard InChI is InChI=1S/C44H50F2N10O6/c1-44(2,3)62-43(60)48-20-7-6-11-38(50-42(59)30-9-8-10-35(23-30)56-26-33(24-47)53-54-56)39(57)27-61-40-36(45)21-28(22-37(40)46)25-49-41(58)29-12-14-31(15-13-29)51-52-32-16-18-34(19-17-32)55(4)5/h8-10,12-19,21-23,26,38H,6-7,11,20,24-25,27,47H2,1-5H3,(H,48,60)(H,49,58)(H,50,59)/t38-/m0/s1. The molecule has 1 atom stereocenters. The van der Waals surface area contributed by atoms with Crippen molar-refractivity contribution in [3.63, 3.8) is 0 Å². The van der Waals surface area contributed by atoms with Crippen molar-refractivity contribution < 1.29 is 37.4 Å². The number of nitrogens with zero attached hydrogens (tertiary/aromatic N) is 6. The number of anilines is 1. The minimum absolute atomic E-state index is 0.107. The first-order valence-electron chi connectivity index (χ1n) is 19.8. The van der Waals surface area contributed by atoms with Gasteiger partial charge in [-0.05, 0) is 124 Å². The second-order valence-corrected chi connectivity index (χ2v) is 15.3. The van der Waals surface area contributed by atoms with Crippen LogP contribution in [0.3, 0.4) is 0 Å². The third kappa shape index (κ3) is 13.7. The Bertz CT molecular complexity index is 2340. The number of unbranched alkanes of at least 4 members (excludes halogenated alkanes) is 1. The van der Waals surface area contributed by atoms with Gasteiger partial charge in [0.1, 0.15) is 12.2 Å². The quantitative estimate of drug-likeness (QED) is 0.0502. The molecule has 0 saturated carbocycles. The summed E-state index contributed by atoms with van der Waals surface area (Å²) in [5.74, 6) is -4.72. The summed E-state index contributed by atoms with van der Waals surface area (Å²) in [6.07, 6.45) is 1.95. The molecule has 5 rings (SSSR count). The van der Waals surface area contributed by atoms with Crippen molar-refractivity contribution in [2.45, 2.75) is 64.8 Å². The van der Waals surface area contributed by atoms with Crippen molar-refractivity contribution in [3.05, 3.63) is 125 Å². The number of aromatic nitrogens is 3. The number of carbonyl (C=O) groups excluding carboxylic acids is 4. The summed E-state index contributed by atoms with van der Waals surface area (Å²) in [6.45, 7) is 4.65. The summed E-state index contributed by atoms with van der Waals surface area (Å²) in [5, 5.41) is 24.4. The van der Waals surface area contributed by atoms with Crippen LogP contribution in [0.1, 0.15) is 72.0 Å². The Morgan fingerprint density at radius 3 is 2.13 bits per heavy atom. The molecule has 0 aliphatic heterocycles. The molecule has 326 valence electrons. The maximum Gasteiger partial charge on any atom is 0.407 e. The molecule has 0 fully saturated rings. The lowest BCUT2D eigenvalue weighted by Gasteiger charge is -2.20. The van der Waals surface area contributed by atoms with Gasteiger partial charge in [0.2, 0.25) is 0 Å². The average molecular weight is 853 g/mol. The van der Waals surface area contributed by atoms with E-state index in [2.05, 4.69) is 36.5 Å². The maximum absolute atomic E-state index is 15.3. The summed E-state index contributed by atoms with van der Waals surface area (Å²) < 4.78 is 42.6. The number of hydrogen-bond acceptors (Lipinski definition) is 12. The van der Waals surface area contributed by atoms with Crippen molar-refractivity contribution in [2.24, 2.45) is 16.0 Å². The van der Waals surface area contributed by atoms with Gasteiger partial charge in [0.25, 0.3) is 11.8 Å². The van der Waals surface area contributed by atoms with E-state index in [1.807, 2.05) is 43.3 Å². The zero-order valence-corrected chi connectivity index (χ0v) is 35.2. The minimum atomic E-state index is -1.12. The molecule has 0 saturated heterocycles. The normalized spacial score (nSPS) is 11.8. The molecule has 0 spiro atoms. The molecule has 1 heterocycles. The molecule has 0 bridgehead atoms. The molecule has 62 heavy (non-hydrogen) atoms. The molecule has 5 aromatic rings. The highest BCUT2D eigenvalue weighted by molar-refractivity contribution is 5.98. The summed E-state index contributed by atoms with van der Waals surface area (Å²) in [7, 11) is 3.88. The number of nitrogens with one attached hydrogen (secondary N) is 3. The van der Waals surface area contributed by atoms with Crippen LogP contribution >= 0.6 is 0 Å². The SMILES string of the molecule is CN(C)c1ccc(N=Nc2ccc(C(=O)NCc3cc(F)c(OCC(=O)[C@H](CCCCNC(=O)OC(C)(C)C)NC(=O)c4cccc(-n5cc(CN)nn5)c4)c(F)c3)cc2)cc1. The highest BCUT2D eigenvalue weighted by Gasteiger charge is 2.24. The summed E-state index contributed by atoms with van der Waals surface area (Å²) in [4.78, 5) is 53.8. The van der Waals surface area contributed by atoms with Gasteiger partial charge < -0.3 is 36.1 Å². The first kappa shape index (κ1) is 46.0. The fraction of sp³-hybridized carbons (Fsp3) is 0.318. The van der Waals surface area contributed by atoms with E-state index in [0.717, 1.165) is 17.8 Å². The zero-order valence-electron chi connectivity index (χ0n) is 35.2. The molecule has 5 N–H and O–H groups in total. The maximum atomic E-state index is 15.3. The minimum Gasteiger partial charge on any atom is -0.480 e. The van der Waals surface area contributed by atoms with Crippen LogP contribution < -0.4 is 31.3 Å². The van der Waals surface area contributed by atoms with Gasteiger partial charge in [0.05, 0.1) is 35.0 Å². The molecule has 16 nitrogen and oxygen atoms in total. The number of halogens is 2. The number of Topliss-reactive ketones (excluding diaryl/α,β-unsaturated/α-hetero) is 1. The van der Waals surface area contributed by atoms with Gasteiger partial charge in [0.15, 0.2) is 23.2 Å². The second-order valence-electron chi connectivity index (χ2n) is 15.3. The Kier molecular flexibility index (Phi) is 15.9. The van der Waals surface area contributed by atoms with Crippen molar-refractivity contribution in [2.75, 3.05) is 32.1 Å². The van der Waals surface area contributed by atoms with E-state index < -0.39 is 59.3 Å². The third-order valence-corrected chi connectivity index (χ3v) is 9.05. The van der Waals surface area contributed by atoms with Crippen LogP contribution in [-0.2, 0) is 22.6 Å². The molecule has 1 aromatic heterocycles. The third-order valence-electron chi connectivity index (χ3n) is 9.05. The van der Waals surface area contributed by atoms with Crippen molar-refractivity contribution in [1.29, 1.82) is 0 Å². The van der Waals surface area contributed by atoms with Gasteiger partial charge in [-0.2, -0.15) is 10.2 Å². The second kappa shape index (κ2) is 21.4. The lowest BCUT2D eigenvalue weighted by molar-refractivity contribution is -0.123. The van der Waals surface area contributed by atoms with E-state index in [9.17, 15) is 19.2 Å². The lowest BCUT2D eigenvalue weighted by atomic mass is 10.0. The van der Waals surface area contributed by atoms with Crippen LogP contribution in [0.4, 0.5) is 30.6 Å². The predicted octanol–water partition coefficient (Wildman–Crippen LogP) is 6.86. The molecule has 0 radical (unpaired) electrons. The van der Waals surface area contributed by atoms with Gasteiger partial charge in [-0.25, -0.2) is 18.3 Å². The number of azo groups is 1. The van der Waals surface area contributed by atoms with Gasteiger partial charge >= 0.3 is 6.09 Å². The average Bonchev–Trinajstić information content (AvgIpc) is 3.73. The smallest absolute Gasteiger partial charge is 0.407 e. The highest BCUT2D eigenvalue weighted by atomic mass is 19.1. The van der Waals surface area contributed by atoms with Gasteiger partial charge in [-0.1, -0.05) is 11.3 Å². The molecular weight excluding hydrogens is 803 g/mol. The van der Waals surface area contributed by atoms with Crippen molar-refractivity contribution >= 4 is 40.8 Å². The van der Waals surface area contributed by atoms with Crippen LogP contribution in [0.5, 0.6) is 5.75 Å². The number of carbonyl (C=O) groups is 4. The number of ketones is 1. The van der Waals surface area contributed by atoms with E-state index in [1.165, 1.54) is 4.68 Å². The fourth-order valence-corrected chi connectivity index (χ4v) is 5.83. The van der Waals surface area contributed by atoms with Crippen LogP contribution in [0.15, 0.2) is 101 Å². The molecule has 3 amide bonds. The highest BCUT2D eigenvalue weighted by Crippen LogP contribution is 2.25. The molecule has 0 aliphatic carbocycles. The number of hydrogen-bond donors (Lipinski definition) is 4. The van der Waals surface area contributed by atoms with Crippen molar-refractivity contribution in [3.8, 4) is 11.4 Å². The molecule has 0 aliphatic rings. The first-order valence-corrected chi connectivity index (χ1v) is 19.8. The largest absolute Gasteiger partial charge is 0.480 e. The number of alkyl carbamates (subject to hydrolysis) is 1. The van der Waals surface area contributed by atoms with Crippen molar-refractivity contribution in [1.82, 2.24) is 30.9 Å². The van der Waals surface area contributed by atoms with E-state index in [-0.39, 0.29) is 37.2 Å². The Morgan fingerprint density at radius 1 is 0.855 bits per heavy atom. The van der Waals surface area contributed by atoms with Crippen LogP contribution in [0, 0.1) is 11.6 Å². The topological polar surface area (TPSA) is 208 Å². The molecular formula is C44H50F2N10O6. The predicted molar refractivity (Wildman–Crippen MR) is 228 cm³/mol. The van der Waals surface area contributed by atoms with Gasteiger partial charge in [-0.3, -0.25) is 14.4 Å². The van der Waals surface area contributed by atoms with Crippen LogP contribution in [0.2, 0.25) is 0 Å². The summed E-state index contributed by atoms with van der Waals surface area (Å²) in [5.41, 5.74) is 8.85. The molecule has 4 aromatic carbocycles. The van der Waals surface area contributed by atoms with Crippen LogP contribution in [-0.4, -0.2) is 77.6 Å². The summed E-state index contributed by atoms with van der Waals surface area (Å²) in [6, 6.07) is 21.2. The van der Waals surface area contributed by atoms with E-state index in [1.54, 1.807) is 75.5 Å². The Hall–Kier alpha value is -7.08. The van der Waals surface area contributed by atoms with Crippen LogP contribution in [0.25, 0.3) is 5.69 Å². The van der Waals surface area contributed by atoms with E-state index in [0.29, 0.717) is 41.2 Å². The number of nitrogens with two attached hydrogens (primary N) is 1. The Balaban J connectivity index is 1.18. The van der Waals surface area contributed by atoms with Gasteiger partial charge in [0, 0.05) is 50.5 Å². The zero-order chi connectivity index (χ0) is 44.8. The Morgan fingerprint density at radius 2 is 1.52 bits per heavy atom.